The van der Waals surface area contributed by atoms with E-state index in [1.807, 2.05) is 0 Å². The molecule has 1 aliphatic rings. The molecule has 10 nitrogen and oxygen atoms in total. The van der Waals surface area contributed by atoms with Crippen LogP contribution in [0.1, 0.15) is 0 Å². The molecule has 0 atom stereocenters. The molecule has 0 spiro atoms. The molecule has 1 aliphatic heterocycles. The number of nitro groups is 1. The van der Waals surface area contributed by atoms with Gasteiger partial charge in [-0.05, 0) is 23.4 Å². The van der Waals surface area contributed by atoms with E-state index in [2.05, 4.69) is 27.2 Å². The van der Waals surface area contributed by atoms with Crippen LogP contribution in [0.2, 0.25) is 0 Å². The van der Waals surface area contributed by atoms with Crippen LogP contribution in [-0.4, -0.2) is 78.7 Å². The van der Waals surface area contributed by atoms with E-state index in [0.717, 1.165) is 31.9 Å². The van der Waals surface area contributed by atoms with Crippen molar-refractivity contribution in [2.24, 2.45) is 0 Å². The molecule has 0 aliphatic carbocycles. The zero-order valence-corrected chi connectivity index (χ0v) is 13.7. The van der Waals surface area contributed by atoms with Gasteiger partial charge < -0.3 is 19.8 Å². The number of aromatic nitrogens is 2. The van der Waals surface area contributed by atoms with Crippen molar-refractivity contribution in [3.8, 4) is 0 Å². The van der Waals surface area contributed by atoms with Gasteiger partial charge in [-0.2, -0.15) is 0 Å². The Morgan fingerprint density at radius 1 is 1.33 bits per heavy atom. The fourth-order valence-electron chi connectivity index (χ4n) is 2.93. The highest BCUT2D eigenvalue weighted by Crippen LogP contribution is 2.40. The van der Waals surface area contributed by atoms with Crippen LogP contribution in [0.25, 0.3) is 11.0 Å². The molecule has 1 saturated heterocycles. The summed E-state index contributed by atoms with van der Waals surface area (Å²) in [6, 6.07) is 1.74. The summed E-state index contributed by atoms with van der Waals surface area (Å²) in [6.07, 6.45) is 0. The van der Waals surface area contributed by atoms with Crippen molar-refractivity contribution in [1.29, 1.82) is 0 Å². The van der Waals surface area contributed by atoms with E-state index in [1.54, 1.807) is 18.0 Å². The Morgan fingerprint density at radius 3 is 2.62 bits per heavy atom. The van der Waals surface area contributed by atoms with E-state index in [-0.39, 0.29) is 24.4 Å². The predicted molar refractivity (Wildman–Crippen MR) is 88.5 cm³/mol. The maximum absolute atomic E-state index is 11.6. The van der Waals surface area contributed by atoms with Crippen LogP contribution in [0.15, 0.2) is 10.7 Å². The van der Waals surface area contributed by atoms with Gasteiger partial charge in [-0.1, -0.05) is 0 Å². The number of aliphatic hydroxyl groups is 1. The Morgan fingerprint density at radius 2 is 2.00 bits per heavy atom. The van der Waals surface area contributed by atoms with Crippen LogP contribution in [0.5, 0.6) is 0 Å². The van der Waals surface area contributed by atoms with Gasteiger partial charge >= 0.3 is 5.69 Å². The van der Waals surface area contributed by atoms with Crippen molar-refractivity contribution in [2.75, 3.05) is 63.2 Å². The standard InChI is InChI=1S/C14H20N6O4/c1-17-3-5-19(6-4-17)10-9-11(18(2)7-8-21)14(20(22)23)13-12(10)15-24-16-13/h9,21H,3-8H2,1-2H3. The average Bonchev–Trinajstić information content (AvgIpc) is 3.03. The first kappa shape index (κ1) is 16.4. The van der Waals surface area contributed by atoms with Gasteiger partial charge in [0.15, 0.2) is 5.52 Å². The minimum Gasteiger partial charge on any atom is -0.395 e. The van der Waals surface area contributed by atoms with Crippen molar-refractivity contribution in [3.63, 3.8) is 0 Å². The van der Waals surface area contributed by atoms with Gasteiger partial charge in [0.1, 0.15) is 5.69 Å². The highest BCUT2D eigenvalue weighted by molar-refractivity contribution is 6.00. The van der Waals surface area contributed by atoms with E-state index < -0.39 is 4.92 Å². The molecule has 0 amide bonds. The molecule has 2 aromatic rings. The lowest BCUT2D eigenvalue weighted by Crippen LogP contribution is -2.44. The van der Waals surface area contributed by atoms with Crippen molar-refractivity contribution in [3.05, 3.63) is 16.2 Å². The molecule has 3 rings (SSSR count). The fourth-order valence-corrected chi connectivity index (χ4v) is 2.93. The number of benzene rings is 1. The van der Waals surface area contributed by atoms with Gasteiger partial charge in [0, 0.05) is 39.8 Å². The van der Waals surface area contributed by atoms with Crippen molar-refractivity contribution < 1.29 is 14.7 Å². The second kappa shape index (κ2) is 6.57. The van der Waals surface area contributed by atoms with Crippen LogP contribution in [0.4, 0.5) is 17.1 Å². The first-order chi connectivity index (χ1) is 11.5. The monoisotopic (exact) mass is 336 g/mol. The molecular formula is C14H20N6O4. The molecule has 24 heavy (non-hydrogen) atoms. The average molecular weight is 336 g/mol. The maximum atomic E-state index is 11.6. The minimum atomic E-state index is -0.483. The molecule has 10 heteroatoms. The molecule has 1 aromatic carbocycles. The second-order valence-electron chi connectivity index (χ2n) is 5.92. The van der Waals surface area contributed by atoms with Crippen LogP contribution < -0.4 is 9.80 Å². The molecule has 130 valence electrons. The van der Waals surface area contributed by atoms with Crippen molar-refractivity contribution >= 4 is 28.1 Å². The molecule has 0 saturated carbocycles. The Kier molecular flexibility index (Phi) is 4.49. The van der Waals surface area contributed by atoms with E-state index in [4.69, 9.17) is 4.63 Å². The molecule has 1 aromatic heterocycles. The summed E-state index contributed by atoms with van der Waals surface area (Å²) in [7, 11) is 3.76. The summed E-state index contributed by atoms with van der Waals surface area (Å²) < 4.78 is 4.79. The predicted octanol–water partition coefficient (Wildman–Crippen LogP) is 0.311. The lowest BCUT2D eigenvalue weighted by Gasteiger charge is -2.34. The number of hydrogen-bond acceptors (Lipinski definition) is 9. The van der Waals surface area contributed by atoms with E-state index in [9.17, 15) is 15.2 Å². The fraction of sp³-hybridized carbons (Fsp3) is 0.571. The maximum Gasteiger partial charge on any atom is 0.323 e. The molecule has 1 N–H and O–H groups in total. The Labute approximate surface area is 138 Å². The normalized spacial score (nSPS) is 15.9. The highest BCUT2D eigenvalue weighted by Gasteiger charge is 2.30. The van der Waals surface area contributed by atoms with Crippen LogP contribution in [0.3, 0.4) is 0 Å². The van der Waals surface area contributed by atoms with Gasteiger partial charge in [-0.15, -0.1) is 0 Å². The van der Waals surface area contributed by atoms with Gasteiger partial charge in [0.2, 0.25) is 5.52 Å². The second-order valence-corrected chi connectivity index (χ2v) is 5.92. The minimum absolute atomic E-state index is 0.105. The number of anilines is 2. The lowest BCUT2D eigenvalue weighted by atomic mass is 10.1. The zero-order valence-electron chi connectivity index (χ0n) is 13.7. The summed E-state index contributed by atoms with van der Waals surface area (Å²) in [4.78, 5) is 17.1. The number of likely N-dealkylation sites (N-methyl/N-ethyl adjacent to an activating group) is 2. The quantitative estimate of drug-likeness (QED) is 0.609. The number of rotatable bonds is 5. The largest absolute Gasteiger partial charge is 0.395 e. The summed E-state index contributed by atoms with van der Waals surface area (Å²) in [5, 5.41) is 28.4. The van der Waals surface area contributed by atoms with Crippen LogP contribution in [-0.2, 0) is 0 Å². The van der Waals surface area contributed by atoms with Crippen LogP contribution in [0, 0.1) is 10.1 Å². The van der Waals surface area contributed by atoms with Crippen molar-refractivity contribution in [1.82, 2.24) is 15.2 Å². The van der Waals surface area contributed by atoms with E-state index in [1.165, 1.54) is 0 Å². The third-order valence-corrected chi connectivity index (χ3v) is 4.34. The Balaban J connectivity index is 2.14. The summed E-state index contributed by atoms with van der Waals surface area (Å²) in [5.74, 6) is 0. The SMILES string of the molecule is CN1CCN(c2cc(N(C)CCO)c([N+](=O)[O-])c3nonc23)CC1. The number of hydrogen-bond donors (Lipinski definition) is 1. The Bertz CT molecular complexity index is 740. The molecule has 2 heterocycles. The molecular weight excluding hydrogens is 316 g/mol. The number of aliphatic hydroxyl groups excluding tert-OH is 1. The smallest absolute Gasteiger partial charge is 0.323 e. The number of piperazine rings is 1. The molecule has 0 radical (unpaired) electrons. The Hall–Kier alpha value is -2.46. The van der Waals surface area contributed by atoms with Crippen LogP contribution >= 0.6 is 0 Å². The first-order valence-corrected chi connectivity index (χ1v) is 7.72. The topological polar surface area (TPSA) is 112 Å². The zero-order chi connectivity index (χ0) is 17.3. The summed E-state index contributed by atoms with van der Waals surface area (Å²) >= 11 is 0. The van der Waals surface area contributed by atoms with Gasteiger partial charge in [0.05, 0.1) is 17.2 Å². The molecule has 1 fully saturated rings. The van der Waals surface area contributed by atoms with Gasteiger partial charge in [0.25, 0.3) is 0 Å². The molecule has 0 bridgehead atoms. The third kappa shape index (κ3) is 2.85. The molecule has 0 unspecified atom stereocenters. The first-order valence-electron chi connectivity index (χ1n) is 7.72. The van der Waals surface area contributed by atoms with Gasteiger partial charge in [-0.25, -0.2) is 4.63 Å². The summed E-state index contributed by atoms with van der Waals surface area (Å²) in [6.45, 7) is 3.54. The lowest BCUT2D eigenvalue weighted by molar-refractivity contribution is -0.382. The van der Waals surface area contributed by atoms with Gasteiger partial charge in [-0.3, -0.25) is 10.1 Å². The number of nitrogens with zero attached hydrogens (tertiary/aromatic N) is 6. The third-order valence-electron chi connectivity index (χ3n) is 4.34. The number of nitro benzene ring substituents is 1. The van der Waals surface area contributed by atoms with E-state index >= 15 is 0 Å². The summed E-state index contributed by atoms with van der Waals surface area (Å²) in [5.41, 5.74) is 1.54. The number of fused-ring (bicyclic) bond motifs is 1. The highest BCUT2D eigenvalue weighted by atomic mass is 16.6. The van der Waals surface area contributed by atoms with Crippen molar-refractivity contribution in [2.45, 2.75) is 0 Å². The van der Waals surface area contributed by atoms with E-state index in [0.29, 0.717) is 11.2 Å².